The summed E-state index contributed by atoms with van der Waals surface area (Å²) < 4.78 is 5.35. The second kappa shape index (κ2) is 4.52. The van der Waals surface area contributed by atoms with Crippen molar-refractivity contribution in [3.05, 3.63) is 35.4 Å². The van der Waals surface area contributed by atoms with E-state index in [-0.39, 0.29) is 5.78 Å². The van der Waals surface area contributed by atoms with Crippen molar-refractivity contribution < 1.29 is 9.53 Å². The van der Waals surface area contributed by atoms with E-state index < -0.39 is 0 Å². The zero-order chi connectivity index (χ0) is 11.5. The lowest BCUT2D eigenvalue weighted by molar-refractivity contribution is -0.116. The maximum atomic E-state index is 11.2. The first kappa shape index (κ1) is 10.9. The van der Waals surface area contributed by atoms with Gasteiger partial charge in [0, 0.05) is 12.0 Å². The summed E-state index contributed by atoms with van der Waals surface area (Å²) in [7, 11) is 1.69. The second-order valence-electron chi connectivity index (χ2n) is 4.13. The molecule has 2 nitrogen and oxygen atoms in total. The largest absolute Gasteiger partial charge is 0.496 e. The number of fused-ring (bicyclic) bond motifs is 1. The summed E-state index contributed by atoms with van der Waals surface area (Å²) >= 11 is 0. The number of hydrogen-bond donors (Lipinski definition) is 0. The molecule has 0 amide bonds. The highest BCUT2D eigenvalue weighted by atomic mass is 16.5. The second-order valence-corrected chi connectivity index (χ2v) is 4.13. The number of allylic oxidation sites excluding steroid dienone is 2. The number of rotatable bonds is 3. The maximum absolute atomic E-state index is 11.2. The van der Waals surface area contributed by atoms with E-state index in [1.165, 1.54) is 11.1 Å². The highest BCUT2D eigenvalue weighted by molar-refractivity contribution is 5.90. The van der Waals surface area contributed by atoms with Crippen molar-refractivity contribution in [2.75, 3.05) is 7.11 Å². The van der Waals surface area contributed by atoms with Gasteiger partial charge in [0.1, 0.15) is 11.5 Å². The van der Waals surface area contributed by atoms with Crippen LogP contribution in [-0.4, -0.2) is 12.9 Å². The first-order valence-electron chi connectivity index (χ1n) is 5.57. The molecule has 2 rings (SSSR count). The minimum atomic E-state index is 0.210. The van der Waals surface area contributed by atoms with E-state index in [0.29, 0.717) is 6.42 Å². The van der Waals surface area contributed by atoms with E-state index in [4.69, 9.17) is 4.74 Å². The Hall–Kier alpha value is -1.57. The normalized spacial score (nSPS) is 14.0. The van der Waals surface area contributed by atoms with Gasteiger partial charge in [-0.05, 0) is 37.0 Å². The highest BCUT2D eigenvalue weighted by Gasteiger charge is 2.16. The van der Waals surface area contributed by atoms with Crippen molar-refractivity contribution in [2.45, 2.75) is 26.2 Å². The fourth-order valence-electron chi connectivity index (χ4n) is 2.25. The number of ketones is 1. The van der Waals surface area contributed by atoms with E-state index in [1.807, 2.05) is 12.1 Å². The molecule has 0 fully saturated rings. The predicted molar refractivity (Wildman–Crippen MR) is 64.6 cm³/mol. The van der Waals surface area contributed by atoms with Gasteiger partial charge in [0.05, 0.1) is 7.11 Å². The van der Waals surface area contributed by atoms with Gasteiger partial charge < -0.3 is 4.74 Å². The van der Waals surface area contributed by atoms with E-state index >= 15 is 0 Å². The smallest absolute Gasteiger partial charge is 0.134 e. The van der Waals surface area contributed by atoms with Crippen LogP contribution in [0.1, 0.15) is 30.9 Å². The van der Waals surface area contributed by atoms with Crippen LogP contribution in [0.4, 0.5) is 0 Å². The van der Waals surface area contributed by atoms with Crippen LogP contribution in [0.5, 0.6) is 5.75 Å². The molecule has 0 spiro atoms. The SMILES string of the molecule is COc1cccc2c1CCC=C2CC(C)=O. The molecule has 0 unspecified atom stereocenters. The molecule has 1 aliphatic carbocycles. The quantitative estimate of drug-likeness (QED) is 0.776. The molecule has 1 aliphatic rings. The zero-order valence-corrected chi connectivity index (χ0v) is 9.75. The molecule has 0 heterocycles. The molecule has 0 atom stereocenters. The standard InChI is InChI=1S/C14H16O2/c1-10(15)9-11-5-3-7-13-12(11)6-4-8-14(13)16-2/h4-6,8H,3,7,9H2,1-2H3. The Bertz CT molecular complexity index is 444. The summed E-state index contributed by atoms with van der Waals surface area (Å²) in [5.41, 5.74) is 3.57. The Morgan fingerprint density at radius 3 is 2.94 bits per heavy atom. The Labute approximate surface area is 95.9 Å². The lowest BCUT2D eigenvalue weighted by Gasteiger charge is -2.19. The van der Waals surface area contributed by atoms with Crippen LogP contribution in [-0.2, 0) is 11.2 Å². The molecule has 0 saturated carbocycles. The number of methoxy groups -OCH3 is 1. The number of carbonyl (C=O) groups excluding carboxylic acids is 1. The third-order valence-corrected chi connectivity index (χ3v) is 2.92. The van der Waals surface area contributed by atoms with Crippen molar-refractivity contribution >= 4 is 11.4 Å². The summed E-state index contributed by atoms with van der Waals surface area (Å²) in [6, 6.07) is 6.04. The summed E-state index contributed by atoms with van der Waals surface area (Å²) in [4.78, 5) is 11.2. The van der Waals surface area contributed by atoms with Gasteiger partial charge in [-0.1, -0.05) is 18.2 Å². The fourth-order valence-corrected chi connectivity index (χ4v) is 2.25. The van der Waals surface area contributed by atoms with Crippen LogP contribution in [0.25, 0.3) is 5.57 Å². The van der Waals surface area contributed by atoms with Gasteiger partial charge in [-0.3, -0.25) is 4.79 Å². The molecule has 1 aromatic rings. The average molecular weight is 216 g/mol. The summed E-state index contributed by atoms with van der Waals surface area (Å²) in [6.07, 6.45) is 4.69. The van der Waals surface area contributed by atoms with Crippen LogP contribution in [0, 0.1) is 0 Å². The molecular weight excluding hydrogens is 200 g/mol. The maximum Gasteiger partial charge on any atom is 0.134 e. The molecule has 0 aliphatic heterocycles. The number of Topliss-reactive ketones (excluding diaryl/α,β-unsaturated/α-hetero) is 1. The van der Waals surface area contributed by atoms with Gasteiger partial charge in [-0.25, -0.2) is 0 Å². The molecule has 84 valence electrons. The van der Waals surface area contributed by atoms with Crippen molar-refractivity contribution in [2.24, 2.45) is 0 Å². The molecule has 0 radical (unpaired) electrons. The minimum Gasteiger partial charge on any atom is -0.496 e. The Morgan fingerprint density at radius 2 is 2.25 bits per heavy atom. The molecular formula is C14H16O2. The molecule has 0 bridgehead atoms. The third-order valence-electron chi connectivity index (χ3n) is 2.92. The third kappa shape index (κ3) is 2.01. The van der Waals surface area contributed by atoms with Crippen LogP contribution in [0.15, 0.2) is 24.3 Å². The topological polar surface area (TPSA) is 26.3 Å². The first-order chi connectivity index (χ1) is 7.72. The Morgan fingerprint density at radius 1 is 1.44 bits per heavy atom. The average Bonchev–Trinajstić information content (AvgIpc) is 2.28. The predicted octanol–water partition coefficient (Wildman–Crippen LogP) is 3.00. The monoisotopic (exact) mass is 216 g/mol. The van der Waals surface area contributed by atoms with E-state index in [9.17, 15) is 4.79 Å². The summed E-state index contributed by atoms with van der Waals surface area (Å²) in [5, 5.41) is 0. The van der Waals surface area contributed by atoms with E-state index in [2.05, 4.69) is 12.1 Å². The summed E-state index contributed by atoms with van der Waals surface area (Å²) in [5.74, 6) is 1.15. The van der Waals surface area contributed by atoms with E-state index in [0.717, 1.165) is 24.2 Å². The van der Waals surface area contributed by atoms with Gasteiger partial charge in [0.15, 0.2) is 0 Å². The zero-order valence-electron chi connectivity index (χ0n) is 9.75. The fraction of sp³-hybridized carbons (Fsp3) is 0.357. The van der Waals surface area contributed by atoms with Gasteiger partial charge in [0.2, 0.25) is 0 Å². The lowest BCUT2D eigenvalue weighted by atomic mass is 9.88. The Kier molecular flexibility index (Phi) is 3.09. The van der Waals surface area contributed by atoms with Crippen LogP contribution >= 0.6 is 0 Å². The molecule has 0 aromatic heterocycles. The molecule has 2 heteroatoms. The van der Waals surface area contributed by atoms with Gasteiger partial charge in [-0.2, -0.15) is 0 Å². The van der Waals surface area contributed by atoms with Crippen molar-refractivity contribution in [1.29, 1.82) is 0 Å². The molecule has 16 heavy (non-hydrogen) atoms. The van der Waals surface area contributed by atoms with Gasteiger partial charge >= 0.3 is 0 Å². The lowest BCUT2D eigenvalue weighted by Crippen LogP contribution is -2.04. The minimum absolute atomic E-state index is 0.210. The first-order valence-corrected chi connectivity index (χ1v) is 5.57. The number of carbonyl (C=O) groups is 1. The number of ether oxygens (including phenoxy) is 1. The van der Waals surface area contributed by atoms with Crippen molar-refractivity contribution in [3.8, 4) is 5.75 Å². The highest BCUT2D eigenvalue weighted by Crippen LogP contribution is 2.34. The molecule has 0 saturated heterocycles. The van der Waals surface area contributed by atoms with Gasteiger partial charge in [-0.15, -0.1) is 0 Å². The van der Waals surface area contributed by atoms with E-state index in [1.54, 1.807) is 14.0 Å². The molecule has 0 N–H and O–H groups in total. The summed E-state index contributed by atoms with van der Waals surface area (Å²) in [6.45, 7) is 1.63. The van der Waals surface area contributed by atoms with Crippen LogP contribution in [0.2, 0.25) is 0 Å². The van der Waals surface area contributed by atoms with Crippen molar-refractivity contribution in [3.63, 3.8) is 0 Å². The Balaban J connectivity index is 2.42. The number of hydrogen-bond acceptors (Lipinski definition) is 2. The molecule has 1 aromatic carbocycles. The van der Waals surface area contributed by atoms with Crippen LogP contribution in [0.3, 0.4) is 0 Å². The van der Waals surface area contributed by atoms with Gasteiger partial charge in [0.25, 0.3) is 0 Å². The van der Waals surface area contributed by atoms with Crippen LogP contribution < -0.4 is 4.74 Å². The number of benzene rings is 1. The van der Waals surface area contributed by atoms with Crippen molar-refractivity contribution in [1.82, 2.24) is 0 Å².